The van der Waals surface area contributed by atoms with E-state index in [-0.39, 0.29) is 5.56 Å². The van der Waals surface area contributed by atoms with E-state index in [2.05, 4.69) is 5.32 Å². The lowest BCUT2D eigenvalue weighted by Crippen LogP contribution is -2.03. The zero-order valence-electron chi connectivity index (χ0n) is 12.2. The molecule has 0 saturated carbocycles. The second kappa shape index (κ2) is 6.55. The third kappa shape index (κ3) is 3.35. The predicted molar refractivity (Wildman–Crippen MR) is 93.6 cm³/mol. The molecule has 0 atom stereocenters. The van der Waals surface area contributed by atoms with Crippen LogP contribution in [0.2, 0.25) is 5.02 Å². The van der Waals surface area contributed by atoms with Gasteiger partial charge in [-0.05, 0) is 35.4 Å². The molecule has 0 aliphatic carbocycles. The molecule has 0 radical (unpaired) electrons. The van der Waals surface area contributed by atoms with E-state index < -0.39 is 5.97 Å². The van der Waals surface area contributed by atoms with Crippen LogP contribution in [-0.4, -0.2) is 11.1 Å². The number of hydrogen-bond acceptors (Lipinski definition) is 2. The van der Waals surface area contributed by atoms with Crippen LogP contribution >= 0.6 is 11.6 Å². The Hall–Kier alpha value is -2.78. The number of halogens is 1. The van der Waals surface area contributed by atoms with Gasteiger partial charge in [-0.25, -0.2) is 4.79 Å². The molecule has 0 aliphatic heterocycles. The summed E-state index contributed by atoms with van der Waals surface area (Å²) in [6.45, 7) is 0. The second-order valence-corrected chi connectivity index (χ2v) is 5.44. The van der Waals surface area contributed by atoms with Gasteiger partial charge in [-0.15, -0.1) is 0 Å². The van der Waals surface area contributed by atoms with Crippen LogP contribution in [0.4, 0.5) is 11.4 Å². The predicted octanol–water partition coefficient (Wildman–Crippen LogP) is 5.45. The van der Waals surface area contributed by atoms with Gasteiger partial charge in [0.1, 0.15) is 0 Å². The van der Waals surface area contributed by atoms with Crippen molar-refractivity contribution in [2.75, 3.05) is 5.32 Å². The van der Waals surface area contributed by atoms with Crippen molar-refractivity contribution in [1.82, 2.24) is 0 Å². The Morgan fingerprint density at radius 2 is 1.52 bits per heavy atom. The van der Waals surface area contributed by atoms with Crippen molar-refractivity contribution in [2.24, 2.45) is 0 Å². The summed E-state index contributed by atoms with van der Waals surface area (Å²) >= 11 is 6.15. The number of nitrogens with one attached hydrogen (secondary N) is 1. The number of para-hydroxylation sites is 1. The first-order chi connectivity index (χ1) is 11.1. The fourth-order valence-electron chi connectivity index (χ4n) is 2.35. The van der Waals surface area contributed by atoms with Crippen molar-refractivity contribution in [3.8, 4) is 11.1 Å². The highest BCUT2D eigenvalue weighted by Crippen LogP contribution is 2.30. The van der Waals surface area contributed by atoms with Crippen LogP contribution in [-0.2, 0) is 0 Å². The maximum Gasteiger partial charge on any atom is 0.337 e. The first-order valence-electron chi connectivity index (χ1n) is 7.09. The molecule has 0 spiro atoms. The van der Waals surface area contributed by atoms with Crippen LogP contribution in [0.15, 0.2) is 72.8 Å². The molecule has 0 amide bonds. The number of carboxylic acid groups (broad SMARTS) is 1. The molecule has 0 saturated heterocycles. The summed E-state index contributed by atoms with van der Waals surface area (Å²) in [6.07, 6.45) is 0. The Bertz CT molecular complexity index is 847. The third-order valence-corrected chi connectivity index (χ3v) is 3.83. The Labute approximate surface area is 139 Å². The molecule has 0 heterocycles. The van der Waals surface area contributed by atoms with Gasteiger partial charge in [0, 0.05) is 0 Å². The van der Waals surface area contributed by atoms with E-state index in [1.54, 1.807) is 18.2 Å². The van der Waals surface area contributed by atoms with Gasteiger partial charge in [0.2, 0.25) is 0 Å². The summed E-state index contributed by atoms with van der Waals surface area (Å²) in [5, 5.41) is 13.1. The zero-order chi connectivity index (χ0) is 16.2. The first kappa shape index (κ1) is 15.1. The van der Waals surface area contributed by atoms with Crippen molar-refractivity contribution < 1.29 is 9.90 Å². The third-order valence-electron chi connectivity index (χ3n) is 3.50. The molecule has 3 nitrogen and oxygen atoms in total. The summed E-state index contributed by atoms with van der Waals surface area (Å²) in [7, 11) is 0. The average molecular weight is 324 g/mol. The lowest BCUT2D eigenvalue weighted by molar-refractivity contribution is 0.0698. The van der Waals surface area contributed by atoms with E-state index in [9.17, 15) is 9.90 Å². The number of carboxylic acids is 1. The number of rotatable bonds is 4. The summed E-state index contributed by atoms with van der Waals surface area (Å²) in [6, 6.07) is 22.3. The summed E-state index contributed by atoms with van der Waals surface area (Å²) in [5.41, 5.74) is 3.33. The Morgan fingerprint density at radius 3 is 2.22 bits per heavy atom. The Morgan fingerprint density at radius 1 is 0.826 bits per heavy atom. The topological polar surface area (TPSA) is 49.3 Å². The van der Waals surface area contributed by atoms with E-state index in [4.69, 9.17) is 11.6 Å². The molecule has 0 unspecified atom stereocenters. The maximum atomic E-state index is 11.5. The van der Waals surface area contributed by atoms with Crippen LogP contribution in [0.1, 0.15) is 10.4 Å². The van der Waals surface area contributed by atoms with E-state index in [1.165, 1.54) is 0 Å². The number of aromatic carboxylic acids is 1. The molecule has 0 fully saturated rings. The molecule has 3 aromatic carbocycles. The standard InChI is InChI=1S/C19H14ClNO2/c20-16-8-4-5-9-17(16)21-18-12-14(10-11-15(18)19(22)23)13-6-2-1-3-7-13/h1-12,21H,(H,22,23). The Kier molecular flexibility index (Phi) is 4.31. The van der Waals surface area contributed by atoms with Crippen molar-refractivity contribution in [2.45, 2.75) is 0 Å². The fraction of sp³-hybridized carbons (Fsp3) is 0. The smallest absolute Gasteiger partial charge is 0.337 e. The number of benzene rings is 3. The van der Waals surface area contributed by atoms with Crippen molar-refractivity contribution >= 4 is 28.9 Å². The molecule has 0 aromatic heterocycles. The van der Waals surface area contributed by atoms with Gasteiger partial charge in [0.05, 0.1) is 22.0 Å². The monoisotopic (exact) mass is 323 g/mol. The number of hydrogen-bond donors (Lipinski definition) is 2. The average Bonchev–Trinajstić information content (AvgIpc) is 2.57. The minimum atomic E-state index is -0.987. The summed E-state index contributed by atoms with van der Waals surface area (Å²) in [5.74, 6) is -0.987. The van der Waals surface area contributed by atoms with E-state index in [1.807, 2.05) is 54.6 Å². The van der Waals surface area contributed by atoms with Gasteiger partial charge < -0.3 is 10.4 Å². The largest absolute Gasteiger partial charge is 0.478 e. The fourth-order valence-corrected chi connectivity index (χ4v) is 2.53. The zero-order valence-corrected chi connectivity index (χ0v) is 12.9. The molecule has 2 N–H and O–H groups in total. The van der Waals surface area contributed by atoms with E-state index in [0.717, 1.165) is 11.1 Å². The van der Waals surface area contributed by atoms with Crippen molar-refractivity contribution in [1.29, 1.82) is 0 Å². The number of carbonyl (C=O) groups is 1. The second-order valence-electron chi connectivity index (χ2n) is 5.04. The van der Waals surface area contributed by atoms with Crippen LogP contribution in [0.5, 0.6) is 0 Å². The molecular formula is C19H14ClNO2. The minimum absolute atomic E-state index is 0.199. The first-order valence-corrected chi connectivity index (χ1v) is 7.47. The summed E-state index contributed by atoms with van der Waals surface area (Å²) in [4.78, 5) is 11.5. The van der Waals surface area contributed by atoms with Gasteiger partial charge in [0.15, 0.2) is 0 Å². The molecule has 0 aliphatic rings. The van der Waals surface area contributed by atoms with Crippen LogP contribution in [0, 0.1) is 0 Å². The molecule has 0 bridgehead atoms. The van der Waals surface area contributed by atoms with Gasteiger partial charge in [-0.2, -0.15) is 0 Å². The normalized spacial score (nSPS) is 10.3. The molecule has 3 aromatic rings. The Balaban J connectivity index is 2.06. The van der Waals surface area contributed by atoms with Gasteiger partial charge in [0.25, 0.3) is 0 Å². The molecular weight excluding hydrogens is 310 g/mol. The van der Waals surface area contributed by atoms with Gasteiger partial charge in [-0.3, -0.25) is 0 Å². The molecule has 4 heteroatoms. The quantitative estimate of drug-likeness (QED) is 0.671. The summed E-state index contributed by atoms with van der Waals surface area (Å²) < 4.78 is 0. The maximum absolute atomic E-state index is 11.5. The lowest BCUT2D eigenvalue weighted by atomic mass is 10.0. The molecule has 114 valence electrons. The molecule has 3 rings (SSSR count). The lowest BCUT2D eigenvalue weighted by Gasteiger charge is -2.13. The van der Waals surface area contributed by atoms with E-state index >= 15 is 0 Å². The molecule has 23 heavy (non-hydrogen) atoms. The highest BCUT2D eigenvalue weighted by atomic mass is 35.5. The van der Waals surface area contributed by atoms with Crippen LogP contribution in [0.3, 0.4) is 0 Å². The van der Waals surface area contributed by atoms with Gasteiger partial charge >= 0.3 is 5.97 Å². The van der Waals surface area contributed by atoms with Gasteiger partial charge in [-0.1, -0.05) is 60.1 Å². The number of anilines is 2. The van der Waals surface area contributed by atoms with Crippen molar-refractivity contribution in [3.63, 3.8) is 0 Å². The van der Waals surface area contributed by atoms with Crippen LogP contribution < -0.4 is 5.32 Å². The highest BCUT2D eigenvalue weighted by molar-refractivity contribution is 6.33. The highest BCUT2D eigenvalue weighted by Gasteiger charge is 2.12. The van der Waals surface area contributed by atoms with Crippen molar-refractivity contribution in [3.05, 3.63) is 83.4 Å². The van der Waals surface area contributed by atoms with Crippen LogP contribution in [0.25, 0.3) is 11.1 Å². The van der Waals surface area contributed by atoms with E-state index in [0.29, 0.717) is 16.4 Å². The minimum Gasteiger partial charge on any atom is -0.478 e. The SMILES string of the molecule is O=C(O)c1ccc(-c2ccccc2)cc1Nc1ccccc1Cl.